The van der Waals surface area contributed by atoms with Crippen LogP contribution in [0.3, 0.4) is 0 Å². The second-order valence-electron chi connectivity index (χ2n) is 6.95. The summed E-state index contributed by atoms with van der Waals surface area (Å²) >= 11 is 3.58. The Morgan fingerprint density at radius 2 is 1.93 bits per heavy atom. The molecule has 0 radical (unpaired) electrons. The van der Waals surface area contributed by atoms with Crippen LogP contribution in [0.15, 0.2) is 46.9 Å². The van der Waals surface area contributed by atoms with Crippen molar-refractivity contribution in [1.29, 1.82) is 0 Å². The van der Waals surface area contributed by atoms with E-state index in [2.05, 4.69) is 63.4 Å². The van der Waals surface area contributed by atoms with Gasteiger partial charge in [0, 0.05) is 29.7 Å². The first-order valence-electron chi connectivity index (χ1n) is 9.69. The Morgan fingerprint density at radius 3 is 2.74 bits per heavy atom. The van der Waals surface area contributed by atoms with Crippen LogP contribution in [0.25, 0.3) is 0 Å². The van der Waals surface area contributed by atoms with Gasteiger partial charge in [-0.25, -0.2) is 0 Å². The summed E-state index contributed by atoms with van der Waals surface area (Å²) in [6.45, 7) is 9.51. The lowest BCUT2D eigenvalue weighted by molar-refractivity contribution is 0.0374. The Morgan fingerprint density at radius 1 is 1.11 bits per heavy atom. The molecule has 1 saturated heterocycles. The summed E-state index contributed by atoms with van der Waals surface area (Å²) in [6.07, 6.45) is 1.15. The second kappa shape index (κ2) is 10.8. The van der Waals surface area contributed by atoms with E-state index < -0.39 is 0 Å². The number of halogens is 1. The molecule has 0 aliphatic carbocycles. The maximum absolute atomic E-state index is 6.13. The molecule has 5 heteroatoms. The highest BCUT2D eigenvalue weighted by molar-refractivity contribution is 9.10. The van der Waals surface area contributed by atoms with Crippen LogP contribution in [-0.4, -0.2) is 44.3 Å². The molecule has 1 aliphatic rings. The minimum absolute atomic E-state index is 0.596. The molecule has 2 aromatic carbocycles. The fourth-order valence-electron chi connectivity index (χ4n) is 3.23. The molecule has 146 valence electrons. The van der Waals surface area contributed by atoms with Crippen molar-refractivity contribution in [3.63, 3.8) is 0 Å². The third-order valence-corrected chi connectivity index (χ3v) is 5.41. The Balaban J connectivity index is 1.47. The zero-order chi connectivity index (χ0) is 18.9. The summed E-state index contributed by atoms with van der Waals surface area (Å²) in [7, 11) is 0. The number of aryl methyl sites for hydroxylation is 1. The first kappa shape index (κ1) is 20.3. The van der Waals surface area contributed by atoms with Crippen LogP contribution in [0.1, 0.15) is 23.1 Å². The molecule has 0 bridgehead atoms. The van der Waals surface area contributed by atoms with Crippen LogP contribution in [0.5, 0.6) is 5.75 Å². The largest absolute Gasteiger partial charge is 0.489 e. The van der Waals surface area contributed by atoms with E-state index >= 15 is 0 Å². The highest BCUT2D eigenvalue weighted by Gasteiger charge is 2.10. The smallest absolute Gasteiger partial charge is 0.124 e. The molecular weight excluding hydrogens is 404 g/mol. The van der Waals surface area contributed by atoms with E-state index in [4.69, 9.17) is 9.47 Å². The average molecular weight is 433 g/mol. The van der Waals surface area contributed by atoms with Crippen LogP contribution in [0.2, 0.25) is 0 Å². The van der Waals surface area contributed by atoms with Gasteiger partial charge in [0.1, 0.15) is 12.4 Å². The molecule has 3 rings (SSSR count). The second-order valence-corrected chi connectivity index (χ2v) is 7.87. The highest BCUT2D eigenvalue weighted by atomic mass is 79.9. The zero-order valence-electron chi connectivity index (χ0n) is 16.0. The van der Waals surface area contributed by atoms with Gasteiger partial charge in [-0.15, -0.1) is 0 Å². The molecule has 0 amide bonds. The average Bonchev–Trinajstić information content (AvgIpc) is 2.69. The maximum atomic E-state index is 6.13. The molecule has 0 spiro atoms. The van der Waals surface area contributed by atoms with Crippen LogP contribution in [0, 0.1) is 6.92 Å². The van der Waals surface area contributed by atoms with Gasteiger partial charge < -0.3 is 14.8 Å². The quantitative estimate of drug-likeness (QED) is 0.603. The molecular formula is C22H29BrN2O2. The van der Waals surface area contributed by atoms with E-state index in [-0.39, 0.29) is 0 Å². The molecule has 1 N–H and O–H groups in total. The number of hydrogen-bond donors (Lipinski definition) is 1. The number of morpholine rings is 1. The number of benzene rings is 2. The monoisotopic (exact) mass is 432 g/mol. The van der Waals surface area contributed by atoms with Crippen molar-refractivity contribution >= 4 is 15.9 Å². The van der Waals surface area contributed by atoms with Crippen LogP contribution < -0.4 is 10.1 Å². The molecule has 0 unspecified atom stereocenters. The predicted molar refractivity (Wildman–Crippen MR) is 113 cm³/mol. The van der Waals surface area contributed by atoms with Crippen molar-refractivity contribution in [1.82, 2.24) is 10.2 Å². The molecule has 0 atom stereocenters. The molecule has 1 aliphatic heterocycles. The van der Waals surface area contributed by atoms with Crippen molar-refractivity contribution in [3.8, 4) is 5.75 Å². The third-order valence-electron chi connectivity index (χ3n) is 4.91. The highest BCUT2D eigenvalue weighted by Crippen LogP contribution is 2.24. The Bertz CT molecular complexity index is 717. The van der Waals surface area contributed by atoms with Gasteiger partial charge in [-0.2, -0.15) is 0 Å². The lowest BCUT2D eigenvalue weighted by atomic mass is 10.1. The van der Waals surface area contributed by atoms with E-state index in [1.807, 2.05) is 12.1 Å². The Kier molecular flexibility index (Phi) is 8.14. The van der Waals surface area contributed by atoms with Crippen molar-refractivity contribution in [2.24, 2.45) is 0 Å². The fourth-order valence-corrected chi connectivity index (χ4v) is 3.64. The van der Waals surface area contributed by atoms with E-state index in [0.29, 0.717) is 6.61 Å². The lowest BCUT2D eigenvalue weighted by Crippen LogP contribution is -2.37. The van der Waals surface area contributed by atoms with Gasteiger partial charge in [-0.1, -0.05) is 40.2 Å². The number of nitrogens with one attached hydrogen (secondary N) is 1. The van der Waals surface area contributed by atoms with E-state index in [9.17, 15) is 0 Å². The van der Waals surface area contributed by atoms with Gasteiger partial charge in [0.05, 0.1) is 13.2 Å². The number of hydrogen-bond acceptors (Lipinski definition) is 4. The standard InChI is InChI=1S/C22H29BrN2O2/c1-18-5-2-3-6-19(18)17-27-22-8-7-21(23)15-20(22)16-24-9-4-10-25-11-13-26-14-12-25/h2-3,5-8,15,24H,4,9-14,16-17H2,1H3. The Hall–Kier alpha value is -1.40. The predicted octanol–water partition coefficient (Wildman–Crippen LogP) is 4.15. The molecule has 1 fully saturated rings. The number of ether oxygens (including phenoxy) is 2. The van der Waals surface area contributed by atoms with Crippen LogP contribution in [0.4, 0.5) is 0 Å². The molecule has 4 nitrogen and oxygen atoms in total. The van der Waals surface area contributed by atoms with E-state index in [0.717, 1.165) is 62.6 Å². The summed E-state index contributed by atoms with van der Waals surface area (Å²) in [5.41, 5.74) is 3.67. The SMILES string of the molecule is Cc1ccccc1COc1ccc(Br)cc1CNCCCN1CCOCC1. The summed E-state index contributed by atoms with van der Waals surface area (Å²) < 4.78 is 12.6. The van der Waals surface area contributed by atoms with Crippen LogP contribution >= 0.6 is 15.9 Å². The molecule has 0 aromatic heterocycles. The van der Waals surface area contributed by atoms with Crippen molar-refractivity contribution < 1.29 is 9.47 Å². The maximum Gasteiger partial charge on any atom is 0.124 e. The zero-order valence-corrected chi connectivity index (χ0v) is 17.6. The van der Waals surface area contributed by atoms with Gasteiger partial charge in [0.25, 0.3) is 0 Å². The third kappa shape index (κ3) is 6.61. The summed E-state index contributed by atoms with van der Waals surface area (Å²) in [6, 6.07) is 14.6. The first-order valence-corrected chi connectivity index (χ1v) is 10.5. The summed E-state index contributed by atoms with van der Waals surface area (Å²) in [5.74, 6) is 0.946. The van der Waals surface area contributed by atoms with Crippen molar-refractivity contribution in [2.75, 3.05) is 39.4 Å². The number of rotatable bonds is 9. The summed E-state index contributed by atoms with van der Waals surface area (Å²) in [4.78, 5) is 2.47. The van der Waals surface area contributed by atoms with Gasteiger partial charge in [0.15, 0.2) is 0 Å². The van der Waals surface area contributed by atoms with E-state index in [1.165, 1.54) is 16.7 Å². The van der Waals surface area contributed by atoms with E-state index in [1.54, 1.807) is 0 Å². The molecule has 1 heterocycles. The molecule has 0 saturated carbocycles. The Labute approximate surface area is 171 Å². The lowest BCUT2D eigenvalue weighted by Gasteiger charge is -2.26. The van der Waals surface area contributed by atoms with Gasteiger partial charge in [0.2, 0.25) is 0 Å². The van der Waals surface area contributed by atoms with Crippen molar-refractivity contribution in [3.05, 3.63) is 63.6 Å². The summed E-state index contributed by atoms with van der Waals surface area (Å²) in [5, 5.41) is 3.56. The van der Waals surface area contributed by atoms with Gasteiger partial charge >= 0.3 is 0 Å². The number of nitrogens with zero attached hydrogens (tertiary/aromatic N) is 1. The topological polar surface area (TPSA) is 33.7 Å². The molecule has 27 heavy (non-hydrogen) atoms. The first-order chi connectivity index (χ1) is 13.2. The minimum atomic E-state index is 0.596. The van der Waals surface area contributed by atoms with Gasteiger partial charge in [-0.3, -0.25) is 4.90 Å². The minimum Gasteiger partial charge on any atom is -0.489 e. The fraction of sp³-hybridized carbons (Fsp3) is 0.455. The molecule has 2 aromatic rings. The normalized spacial score (nSPS) is 15.0. The van der Waals surface area contributed by atoms with Crippen LogP contribution in [-0.2, 0) is 17.9 Å². The van der Waals surface area contributed by atoms with Crippen molar-refractivity contribution in [2.45, 2.75) is 26.5 Å². The van der Waals surface area contributed by atoms with Gasteiger partial charge in [-0.05, 0) is 55.8 Å².